The first-order valence-corrected chi connectivity index (χ1v) is 11.6. The molecule has 0 saturated carbocycles. The van der Waals surface area contributed by atoms with Gasteiger partial charge in [-0.3, -0.25) is 4.79 Å². The van der Waals surface area contributed by atoms with Crippen LogP contribution in [0.2, 0.25) is 0 Å². The lowest BCUT2D eigenvalue weighted by Gasteiger charge is -2.20. The van der Waals surface area contributed by atoms with E-state index in [1.165, 1.54) is 0 Å². The minimum atomic E-state index is -1.04. The van der Waals surface area contributed by atoms with E-state index in [1.54, 1.807) is 24.3 Å². The van der Waals surface area contributed by atoms with E-state index in [1.807, 2.05) is 66.7 Å². The molecule has 0 aliphatic heterocycles. The summed E-state index contributed by atoms with van der Waals surface area (Å²) >= 11 is 0. The Kier molecular flexibility index (Phi) is 10.0. The summed E-state index contributed by atoms with van der Waals surface area (Å²) in [5.41, 5.74) is 7.79. The summed E-state index contributed by atoms with van der Waals surface area (Å²) < 4.78 is 10.5. The first-order chi connectivity index (χ1) is 17.1. The molecule has 0 aliphatic rings. The number of alkyl carbamates (subject to hydrolysis) is 1. The van der Waals surface area contributed by atoms with E-state index in [9.17, 15) is 14.4 Å². The number of hydrogen-bond donors (Lipinski definition) is 2. The van der Waals surface area contributed by atoms with Crippen molar-refractivity contribution in [1.29, 1.82) is 0 Å². The van der Waals surface area contributed by atoms with Crippen LogP contribution in [-0.2, 0) is 25.7 Å². The Morgan fingerprint density at radius 2 is 1.29 bits per heavy atom. The van der Waals surface area contributed by atoms with Crippen LogP contribution in [0.1, 0.15) is 41.9 Å². The van der Waals surface area contributed by atoms with Gasteiger partial charge in [-0.25, -0.2) is 9.59 Å². The molecule has 0 aliphatic carbocycles. The first-order valence-electron chi connectivity index (χ1n) is 11.6. The second-order valence-corrected chi connectivity index (χ2v) is 8.04. The molecule has 0 unspecified atom stereocenters. The lowest BCUT2D eigenvalue weighted by atomic mass is 9.91. The van der Waals surface area contributed by atoms with Crippen molar-refractivity contribution in [1.82, 2.24) is 5.32 Å². The van der Waals surface area contributed by atoms with E-state index in [-0.39, 0.29) is 13.0 Å². The lowest BCUT2D eigenvalue weighted by molar-refractivity contribution is -0.161. The monoisotopic (exact) mass is 474 g/mol. The molecule has 7 heteroatoms. The highest BCUT2D eigenvalue weighted by Gasteiger charge is 2.30. The number of benzene rings is 3. The van der Waals surface area contributed by atoms with Gasteiger partial charge in [0, 0.05) is 0 Å². The van der Waals surface area contributed by atoms with Crippen LogP contribution in [0, 0.1) is 0 Å². The number of nitrogens with one attached hydrogen (secondary N) is 1. The number of amides is 1. The predicted molar refractivity (Wildman–Crippen MR) is 132 cm³/mol. The zero-order valence-electron chi connectivity index (χ0n) is 19.5. The Morgan fingerprint density at radius 3 is 1.83 bits per heavy atom. The number of esters is 2. The molecule has 0 spiro atoms. The third kappa shape index (κ3) is 8.08. The van der Waals surface area contributed by atoms with E-state index in [0.717, 1.165) is 5.56 Å². The molecular formula is C28H30N2O5. The van der Waals surface area contributed by atoms with Gasteiger partial charge >= 0.3 is 18.0 Å². The van der Waals surface area contributed by atoms with Crippen LogP contribution in [0.5, 0.6) is 0 Å². The van der Waals surface area contributed by atoms with Gasteiger partial charge in [-0.15, -0.1) is 0 Å². The summed E-state index contributed by atoms with van der Waals surface area (Å²) in [4.78, 5) is 38.5. The van der Waals surface area contributed by atoms with Crippen LogP contribution in [0.4, 0.5) is 4.79 Å². The van der Waals surface area contributed by atoms with Crippen LogP contribution in [0.25, 0.3) is 0 Å². The molecule has 3 aromatic rings. The maximum Gasteiger partial charge on any atom is 0.408 e. The van der Waals surface area contributed by atoms with Crippen molar-refractivity contribution in [3.63, 3.8) is 0 Å². The third-order valence-corrected chi connectivity index (χ3v) is 5.44. The Hall–Kier alpha value is -3.97. The maximum atomic E-state index is 13.2. The molecule has 0 aromatic heterocycles. The molecule has 182 valence electrons. The van der Waals surface area contributed by atoms with Gasteiger partial charge in [0.25, 0.3) is 0 Å². The minimum absolute atomic E-state index is 0.0558. The van der Waals surface area contributed by atoms with Crippen LogP contribution >= 0.6 is 0 Å². The molecule has 3 N–H and O–H groups in total. The largest absolute Gasteiger partial charge is 0.445 e. The van der Waals surface area contributed by atoms with Gasteiger partial charge in [-0.2, -0.15) is 0 Å². The standard InChI is InChI=1S/C28H30N2O5/c29-19-11-10-18-24(30-28(33)34-20-21-12-4-1-5-13-21)26(31)35-27(32)25(22-14-6-2-7-15-22)23-16-8-3-9-17-23/h1-9,12-17,24-25H,10-11,18-20,29H2,(H,30,33)/t24-/m0/s1. The summed E-state index contributed by atoms with van der Waals surface area (Å²) in [7, 11) is 0. The highest BCUT2D eigenvalue weighted by atomic mass is 16.6. The number of nitrogens with two attached hydrogens (primary N) is 1. The van der Waals surface area contributed by atoms with Gasteiger partial charge in [0.2, 0.25) is 0 Å². The summed E-state index contributed by atoms with van der Waals surface area (Å²) in [5.74, 6) is -2.33. The second-order valence-electron chi connectivity index (χ2n) is 8.04. The van der Waals surface area contributed by atoms with Crippen molar-refractivity contribution in [3.8, 4) is 0 Å². The normalized spacial score (nSPS) is 11.5. The average Bonchev–Trinajstić information content (AvgIpc) is 2.89. The SMILES string of the molecule is NCCCC[C@H](NC(=O)OCc1ccccc1)C(=O)OC(=O)C(c1ccccc1)c1ccccc1. The third-order valence-electron chi connectivity index (χ3n) is 5.44. The maximum absolute atomic E-state index is 13.2. The Labute approximate surface area is 205 Å². The zero-order valence-corrected chi connectivity index (χ0v) is 19.5. The number of unbranched alkanes of at least 4 members (excludes halogenated alkanes) is 1. The quantitative estimate of drug-likeness (QED) is 0.244. The fourth-order valence-corrected chi connectivity index (χ4v) is 3.63. The fourth-order valence-electron chi connectivity index (χ4n) is 3.63. The van der Waals surface area contributed by atoms with Gasteiger partial charge in [0.1, 0.15) is 18.6 Å². The topological polar surface area (TPSA) is 108 Å². The molecule has 0 saturated heterocycles. The van der Waals surface area contributed by atoms with Gasteiger partial charge in [0.05, 0.1) is 0 Å². The van der Waals surface area contributed by atoms with Crippen LogP contribution in [0.15, 0.2) is 91.0 Å². The van der Waals surface area contributed by atoms with Crippen LogP contribution < -0.4 is 11.1 Å². The molecular weight excluding hydrogens is 444 g/mol. The van der Waals surface area contributed by atoms with E-state index in [4.69, 9.17) is 15.2 Å². The summed E-state index contributed by atoms with van der Waals surface area (Å²) in [6.45, 7) is 0.503. The molecule has 1 amide bonds. The summed E-state index contributed by atoms with van der Waals surface area (Å²) in [6.07, 6.45) is 0.739. The Balaban J connectivity index is 1.69. The first kappa shape index (κ1) is 25.6. The van der Waals surface area contributed by atoms with Crippen molar-refractivity contribution in [2.45, 2.75) is 37.8 Å². The van der Waals surface area contributed by atoms with Gasteiger partial charge in [-0.1, -0.05) is 91.0 Å². The Bertz CT molecular complexity index is 1030. The van der Waals surface area contributed by atoms with Crippen molar-refractivity contribution in [2.24, 2.45) is 5.73 Å². The van der Waals surface area contributed by atoms with E-state index in [0.29, 0.717) is 30.5 Å². The predicted octanol–water partition coefficient (Wildman–Crippen LogP) is 4.31. The summed E-state index contributed by atoms with van der Waals surface area (Å²) in [5, 5.41) is 2.54. The number of hydrogen-bond acceptors (Lipinski definition) is 6. The number of rotatable bonds is 11. The molecule has 0 heterocycles. The number of carbonyl (C=O) groups is 3. The van der Waals surface area contributed by atoms with Crippen molar-refractivity contribution in [3.05, 3.63) is 108 Å². The van der Waals surface area contributed by atoms with E-state index >= 15 is 0 Å². The van der Waals surface area contributed by atoms with Gasteiger partial charge in [0.15, 0.2) is 0 Å². The lowest BCUT2D eigenvalue weighted by Crippen LogP contribution is -2.43. The highest BCUT2D eigenvalue weighted by molar-refractivity contribution is 5.94. The smallest absolute Gasteiger partial charge is 0.408 e. The second kappa shape index (κ2) is 13.7. The minimum Gasteiger partial charge on any atom is -0.445 e. The van der Waals surface area contributed by atoms with Crippen LogP contribution in [0.3, 0.4) is 0 Å². The van der Waals surface area contributed by atoms with Crippen molar-refractivity contribution >= 4 is 18.0 Å². The van der Waals surface area contributed by atoms with Crippen molar-refractivity contribution in [2.75, 3.05) is 6.54 Å². The molecule has 0 fully saturated rings. The number of ether oxygens (including phenoxy) is 2. The molecule has 3 rings (SSSR count). The molecule has 0 radical (unpaired) electrons. The molecule has 35 heavy (non-hydrogen) atoms. The average molecular weight is 475 g/mol. The van der Waals surface area contributed by atoms with Gasteiger partial charge < -0.3 is 20.5 Å². The van der Waals surface area contributed by atoms with Gasteiger partial charge in [-0.05, 0) is 42.5 Å². The Morgan fingerprint density at radius 1 is 0.743 bits per heavy atom. The fraction of sp³-hybridized carbons (Fsp3) is 0.250. The van der Waals surface area contributed by atoms with Crippen molar-refractivity contribution < 1.29 is 23.9 Å². The molecule has 7 nitrogen and oxygen atoms in total. The molecule has 1 atom stereocenters. The van der Waals surface area contributed by atoms with E-state index in [2.05, 4.69) is 5.32 Å². The molecule has 3 aromatic carbocycles. The summed E-state index contributed by atoms with van der Waals surface area (Å²) in [6, 6.07) is 26.4. The zero-order chi connectivity index (χ0) is 24.9. The highest BCUT2D eigenvalue weighted by Crippen LogP contribution is 2.26. The molecule has 0 bridgehead atoms. The van der Waals surface area contributed by atoms with E-state index < -0.39 is 30.0 Å². The van der Waals surface area contributed by atoms with Crippen LogP contribution in [-0.4, -0.2) is 30.6 Å². The number of carbonyl (C=O) groups excluding carboxylic acids is 3.